The number of carbonyl (C=O) groups is 2. The highest BCUT2D eigenvalue weighted by Gasteiger charge is 2.29. The van der Waals surface area contributed by atoms with Crippen LogP contribution in [-0.4, -0.2) is 35.7 Å². The van der Waals surface area contributed by atoms with E-state index in [1.807, 2.05) is 0 Å². The topological polar surface area (TPSA) is 52.6 Å². The van der Waals surface area contributed by atoms with Gasteiger partial charge < -0.3 is 9.47 Å². The van der Waals surface area contributed by atoms with E-state index in [0.717, 1.165) is 51.4 Å². The van der Waals surface area contributed by atoms with E-state index >= 15 is 0 Å². The molecule has 0 aliphatic carbocycles. The van der Waals surface area contributed by atoms with Crippen LogP contribution in [0.1, 0.15) is 195 Å². The average Bonchev–Trinajstić information content (AvgIpc) is 2.97. The summed E-state index contributed by atoms with van der Waals surface area (Å²) in [7, 11) is 0. The largest absolute Gasteiger partial charge is 0.465 e. The third-order valence-electron chi connectivity index (χ3n) is 7.94. The molecule has 244 valence electrons. The van der Waals surface area contributed by atoms with Crippen molar-refractivity contribution < 1.29 is 19.1 Å². The predicted molar refractivity (Wildman–Crippen MR) is 180 cm³/mol. The first-order valence-corrected chi connectivity index (χ1v) is 19.0. The molecule has 0 N–H and O–H groups in total. The van der Waals surface area contributed by atoms with Gasteiger partial charge in [0.05, 0.1) is 13.2 Å². The molecule has 0 heterocycles. The minimum atomic E-state index is -0.279. The first kappa shape index (κ1) is 40.3. The third kappa shape index (κ3) is 26.6. The molecule has 0 amide bonds. The minimum absolute atomic E-state index is 0.150. The standard InChI is InChI=1S/C36H70O4S/c1-5-9-11-13-15-17-19-21-23-25-27-31-39-35(37)33(29-7-3)41-34(30-8-4)36(38)40-32-28-26-24-22-20-18-16-14-12-10-6-2/h33-34H,5-32H2,1-4H3. The van der Waals surface area contributed by atoms with E-state index in [2.05, 4.69) is 27.7 Å². The van der Waals surface area contributed by atoms with Crippen molar-refractivity contribution in [3.8, 4) is 0 Å². The van der Waals surface area contributed by atoms with E-state index in [1.165, 1.54) is 127 Å². The van der Waals surface area contributed by atoms with Crippen LogP contribution in [0.25, 0.3) is 0 Å². The van der Waals surface area contributed by atoms with Crippen molar-refractivity contribution in [3.63, 3.8) is 0 Å². The lowest BCUT2D eigenvalue weighted by Gasteiger charge is -2.21. The molecule has 0 aromatic heterocycles. The molecule has 0 aliphatic rings. The van der Waals surface area contributed by atoms with Crippen molar-refractivity contribution in [1.29, 1.82) is 0 Å². The number of hydrogen-bond donors (Lipinski definition) is 0. The number of hydrogen-bond acceptors (Lipinski definition) is 5. The lowest BCUT2D eigenvalue weighted by atomic mass is 10.1. The zero-order valence-electron chi connectivity index (χ0n) is 28.0. The van der Waals surface area contributed by atoms with Gasteiger partial charge in [0.1, 0.15) is 10.5 Å². The molecule has 0 radical (unpaired) electrons. The van der Waals surface area contributed by atoms with Gasteiger partial charge in [-0.1, -0.05) is 169 Å². The van der Waals surface area contributed by atoms with Crippen molar-refractivity contribution in [3.05, 3.63) is 0 Å². The fraction of sp³-hybridized carbons (Fsp3) is 0.944. The summed E-state index contributed by atoms with van der Waals surface area (Å²) in [5, 5.41) is -0.558. The predicted octanol–water partition coefficient (Wildman–Crippen LogP) is 11.8. The lowest BCUT2D eigenvalue weighted by Crippen LogP contribution is -2.28. The lowest BCUT2D eigenvalue weighted by molar-refractivity contribution is -0.143. The van der Waals surface area contributed by atoms with Crippen LogP contribution < -0.4 is 0 Å². The fourth-order valence-electron chi connectivity index (χ4n) is 5.27. The average molecular weight is 599 g/mol. The molecular weight excluding hydrogens is 528 g/mol. The monoisotopic (exact) mass is 598 g/mol. The van der Waals surface area contributed by atoms with E-state index < -0.39 is 0 Å². The maximum absolute atomic E-state index is 12.9. The number of carbonyl (C=O) groups excluding carboxylic acids is 2. The summed E-state index contributed by atoms with van der Waals surface area (Å²) in [6, 6.07) is 0. The highest BCUT2D eigenvalue weighted by Crippen LogP contribution is 2.28. The van der Waals surface area contributed by atoms with Gasteiger partial charge in [-0.25, -0.2) is 0 Å². The Bertz CT molecular complexity index is 520. The molecule has 5 heteroatoms. The van der Waals surface area contributed by atoms with E-state index in [4.69, 9.17) is 9.47 Å². The van der Waals surface area contributed by atoms with Crippen LogP contribution in [0.4, 0.5) is 0 Å². The van der Waals surface area contributed by atoms with E-state index in [0.29, 0.717) is 13.2 Å². The Kier molecular flexibility index (Phi) is 31.7. The second kappa shape index (κ2) is 32.2. The van der Waals surface area contributed by atoms with Crippen molar-refractivity contribution in [2.45, 2.75) is 205 Å². The van der Waals surface area contributed by atoms with Crippen molar-refractivity contribution in [2.24, 2.45) is 0 Å². The second-order valence-corrected chi connectivity index (χ2v) is 13.5. The molecule has 0 aromatic rings. The first-order chi connectivity index (χ1) is 20.1. The molecule has 0 aromatic carbocycles. The van der Waals surface area contributed by atoms with Gasteiger partial charge in [-0.05, 0) is 25.7 Å². The second-order valence-electron chi connectivity index (χ2n) is 12.1. The minimum Gasteiger partial charge on any atom is -0.465 e. The van der Waals surface area contributed by atoms with Crippen LogP contribution in [0.5, 0.6) is 0 Å². The molecular formula is C36H70O4S. The van der Waals surface area contributed by atoms with Crippen molar-refractivity contribution in [1.82, 2.24) is 0 Å². The molecule has 2 atom stereocenters. The Morgan fingerprint density at radius 3 is 0.951 bits per heavy atom. The summed E-state index contributed by atoms with van der Waals surface area (Å²) in [6.07, 6.45) is 31.5. The Balaban J connectivity index is 4.08. The van der Waals surface area contributed by atoms with Crippen molar-refractivity contribution in [2.75, 3.05) is 13.2 Å². The number of unbranched alkanes of at least 4 members (excludes halogenated alkanes) is 20. The number of ether oxygens (including phenoxy) is 2. The zero-order chi connectivity index (χ0) is 30.2. The smallest absolute Gasteiger partial charge is 0.319 e. The van der Waals surface area contributed by atoms with Crippen LogP contribution in [0.15, 0.2) is 0 Å². The zero-order valence-corrected chi connectivity index (χ0v) is 28.8. The molecule has 0 fully saturated rings. The summed E-state index contributed by atoms with van der Waals surface area (Å²) in [5.41, 5.74) is 0. The van der Waals surface area contributed by atoms with Gasteiger partial charge in [-0.15, -0.1) is 11.8 Å². The molecule has 0 spiro atoms. The van der Waals surface area contributed by atoms with Gasteiger partial charge in [0.2, 0.25) is 0 Å². The third-order valence-corrected chi connectivity index (χ3v) is 9.45. The summed E-state index contributed by atoms with van der Waals surface area (Å²) in [5.74, 6) is -0.300. The Morgan fingerprint density at radius 1 is 0.415 bits per heavy atom. The molecule has 0 bridgehead atoms. The maximum atomic E-state index is 12.9. The number of thioether (sulfide) groups is 1. The molecule has 2 unspecified atom stereocenters. The van der Waals surface area contributed by atoms with Crippen LogP contribution in [0.2, 0.25) is 0 Å². The van der Waals surface area contributed by atoms with Crippen molar-refractivity contribution >= 4 is 23.7 Å². The molecule has 0 saturated heterocycles. The summed E-state index contributed by atoms with van der Waals surface area (Å²) in [6.45, 7) is 9.70. The molecule has 0 rings (SSSR count). The van der Waals surface area contributed by atoms with Gasteiger partial charge in [0, 0.05) is 0 Å². The summed E-state index contributed by atoms with van der Waals surface area (Å²) >= 11 is 1.47. The van der Waals surface area contributed by atoms with Gasteiger partial charge in [-0.3, -0.25) is 9.59 Å². The number of rotatable bonds is 32. The Labute approximate surface area is 260 Å². The van der Waals surface area contributed by atoms with Gasteiger partial charge in [0.15, 0.2) is 0 Å². The Morgan fingerprint density at radius 2 is 0.683 bits per heavy atom. The van der Waals surface area contributed by atoms with Gasteiger partial charge >= 0.3 is 11.9 Å². The summed E-state index contributed by atoms with van der Waals surface area (Å²) in [4.78, 5) is 25.7. The number of esters is 2. The SMILES string of the molecule is CCCCCCCCCCCCCOC(=O)C(CCC)SC(CCC)C(=O)OCCCCCCCCCCCCC. The van der Waals surface area contributed by atoms with E-state index in [1.54, 1.807) is 0 Å². The molecule has 0 saturated carbocycles. The van der Waals surface area contributed by atoms with Gasteiger partial charge in [0.25, 0.3) is 0 Å². The van der Waals surface area contributed by atoms with E-state index in [9.17, 15) is 9.59 Å². The van der Waals surface area contributed by atoms with Crippen LogP contribution in [-0.2, 0) is 19.1 Å². The maximum Gasteiger partial charge on any atom is 0.319 e. The normalized spacial score (nSPS) is 12.8. The van der Waals surface area contributed by atoms with Crippen LogP contribution in [0.3, 0.4) is 0 Å². The fourth-order valence-corrected chi connectivity index (χ4v) is 6.77. The first-order valence-electron chi connectivity index (χ1n) is 18.1. The Hall–Kier alpha value is -0.710. The van der Waals surface area contributed by atoms with Gasteiger partial charge in [-0.2, -0.15) is 0 Å². The molecule has 4 nitrogen and oxygen atoms in total. The quantitative estimate of drug-likeness (QED) is 0.0569. The molecule has 41 heavy (non-hydrogen) atoms. The summed E-state index contributed by atoms with van der Waals surface area (Å²) < 4.78 is 11.3. The van der Waals surface area contributed by atoms with E-state index in [-0.39, 0.29) is 22.4 Å². The molecule has 0 aliphatic heterocycles. The van der Waals surface area contributed by atoms with Crippen LogP contribution in [0, 0.1) is 0 Å². The highest BCUT2D eigenvalue weighted by molar-refractivity contribution is 8.01. The van der Waals surface area contributed by atoms with Crippen LogP contribution >= 0.6 is 11.8 Å². The highest BCUT2D eigenvalue weighted by atomic mass is 32.2.